The van der Waals surface area contributed by atoms with Gasteiger partial charge in [0.25, 0.3) is 11.6 Å². The normalized spacial score (nSPS) is 22.2. The van der Waals surface area contributed by atoms with E-state index in [4.69, 9.17) is 0 Å². The van der Waals surface area contributed by atoms with Crippen molar-refractivity contribution in [2.24, 2.45) is 0 Å². The Hall–Kier alpha value is -2.74. The van der Waals surface area contributed by atoms with Gasteiger partial charge in [-0.05, 0) is 30.7 Å². The maximum absolute atomic E-state index is 13.1. The molecule has 8 heteroatoms. The monoisotopic (exact) mass is 357 g/mol. The van der Waals surface area contributed by atoms with Gasteiger partial charge in [0, 0.05) is 22.1 Å². The maximum atomic E-state index is 13.1. The zero-order chi connectivity index (χ0) is 17.6. The number of fused-ring (bicyclic) bond motifs is 2. The molecule has 2 heterocycles. The number of urea groups is 1. The van der Waals surface area contributed by atoms with Crippen molar-refractivity contribution in [1.29, 1.82) is 0 Å². The Morgan fingerprint density at radius 3 is 2.88 bits per heavy atom. The highest BCUT2D eigenvalue weighted by atomic mass is 32.1. The number of amides is 3. The molecule has 1 N–H and O–H groups in total. The fourth-order valence-electron chi connectivity index (χ4n) is 3.68. The molecule has 1 atom stereocenters. The van der Waals surface area contributed by atoms with Crippen molar-refractivity contribution < 1.29 is 14.5 Å². The molecule has 1 aliphatic heterocycles. The van der Waals surface area contributed by atoms with E-state index in [0.29, 0.717) is 12.0 Å². The van der Waals surface area contributed by atoms with E-state index in [1.807, 2.05) is 11.4 Å². The van der Waals surface area contributed by atoms with Crippen LogP contribution in [0.5, 0.6) is 0 Å². The topological polar surface area (TPSA) is 92.6 Å². The molecule has 128 valence electrons. The average molecular weight is 357 g/mol. The number of rotatable bonds is 3. The number of carbonyl (C=O) groups excluding carboxylic acids is 2. The van der Waals surface area contributed by atoms with E-state index in [9.17, 15) is 19.7 Å². The highest BCUT2D eigenvalue weighted by molar-refractivity contribution is 7.10. The standard InChI is InChI=1S/C17H15N3O4S/c21-15-17(8-3-6-14-12(17)7-9-25-14)18-16(22)19(15)10-11-4-1-2-5-13(11)20(23)24/h1-2,4-5,7,9H,3,6,8,10H2,(H,18,22)/t17-/m1/s1. The number of imide groups is 1. The van der Waals surface area contributed by atoms with Crippen molar-refractivity contribution in [1.82, 2.24) is 10.2 Å². The van der Waals surface area contributed by atoms with Crippen LogP contribution in [0.25, 0.3) is 0 Å². The van der Waals surface area contributed by atoms with Crippen LogP contribution in [0.1, 0.15) is 28.8 Å². The van der Waals surface area contributed by atoms with E-state index in [0.717, 1.165) is 28.2 Å². The van der Waals surface area contributed by atoms with Crippen LogP contribution in [0, 0.1) is 10.1 Å². The molecule has 0 bridgehead atoms. The minimum atomic E-state index is -1.02. The van der Waals surface area contributed by atoms with Gasteiger partial charge in [-0.25, -0.2) is 4.79 Å². The van der Waals surface area contributed by atoms with Crippen LogP contribution in [-0.4, -0.2) is 21.8 Å². The second kappa shape index (κ2) is 5.66. The first-order valence-electron chi connectivity index (χ1n) is 7.96. The third-order valence-corrected chi connectivity index (χ3v) is 5.83. The zero-order valence-corrected chi connectivity index (χ0v) is 14.0. The molecule has 1 aromatic carbocycles. The second-order valence-electron chi connectivity index (χ2n) is 6.22. The van der Waals surface area contributed by atoms with Crippen molar-refractivity contribution >= 4 is 29.0 Å². The van der Waals surface area contributed by atoms with Crippen LogP contribution in [-0.2, 0) is 23.3 Å². The van der Waals surface area contributed by atoms with Gasteiger partial charge in [-0.15, -0.1) is 11.3 Å². The molecule has 1 spiro atoms. The Labute approximate surface area is 147 Å². The lowest BCUT2D eigenvalue weighted by molar-refractivity contribution is -0.385. The summed E-state index contributed by atoms with van der Waals surface area (Å²) >= 11 is 1.59. The predicted molar refractivity (Wildman–Crippen MR) is 91.1 cm³/mol. The van der Waals surface area contributed by atoms with Gasteiger partial charge >= 0.3 is 6.03 Å². The first-order chi connectivity index (χ1) is 12.0. The number of para-hydroxylation sites is 1. The largest absolute Gasteiger partial charge is 0.325 e. The van der Waals surface area contributed by atoms with Gasteiger partial charge < -0.3 is 5.32 Å². The van der Waals surface area contributed by atoms with Gasteiger partial charge in [-0.2, -0.15) is 0 Å². The summed E-state index contributed by atoms with van der Waals surface area (Å²) in [6.45, 7) is -0.108. The number of nitrogens with zero attached hydrogens (tertiary/aromatic N) is 2. The summed E-state index contributed by atoms with van der Waals surface area (Å²) in [5, 5.41) is 16.0. The van der Waals surface area contributed by atoms with Crippen LogP contribution < -0.4 is 5.32 Å². The van der Waals surface area contributed by atoms with Gasteiger partial charge in [-0.1, -0.05) is 18.2 Å². The molecule has 2 aromatic rings. The molecule has 1 fully saturated rings. The fourth-order valence-corrected chi connectivity index (χ4v) is 4.68. The van der Waals surface area contributed by atoms with Crippen molar-refractivity contribution in [2.45, 2.75) is 31.3 Å². The molecule has 0 unspecified atom stereocenters. The lowest BCUT2D eigenvalue weighted by atomic mass is 9.80. The van der Waals surface area contributed by atoms with Gasteiger partial charge in [0.05, 0.1) is 11.5 Å². The van der Waals surface area contributed by atoms with Crippen LogP contribution in [0.15, 0.2) is 35.7 Å². The number of thiophene rings is 1. The first-order valence-corrected chi connectivity index (χ1v) is 8.84. The Bertz CT molecular complexity index is 894. The average Bonchev–Trinajstić information content (AvgIpc) is 3.16. The summed E-state index contributed by atoms with van der Waals surface area (Å²) in [7, 11) is 0. The predicted octanol–water partition coefficient (Wildman–Crippen LogP) is 2.94. The number of hydrogen-bond donors (Lipinski definition) is 1. The molecule has 1 saturated heterocycles. The summed E-state index contributed by atoms with van der Waals surface area (Å²) in [4.78, 5) is 38.5. The number of nitro benzene ring substituents is 1. The first kappa shape index (κ1) is 15.8. The summed E-state index contributed by atoms with van der Waals surface area (Å²) < 4.78 is 0. The lowest BCUT2D eigenvalue weighted by Gasteiger charge is -2.31. The minimum absolute atomic E-state index is 0.0936. The highest BCUT2D eigenvalue weighted by Crippen LogP contribution is 2.42. The van der Waals surface area contributed by atoms with Gasteiger partial charge in [0.2, 0.25) is 0 Å². The minimum Gasteiger partial charge on any atom is -0.319 e. The molecule has 7 nitrogen and oxygen atoms in total. The van der Waals surface area contributed by atoms with E-state index in [1.165, 1.54) is 6.07 Å². The number of carbonyl (C=O) groups is 2. The SMILES string of the molecule is O=C1N[C@@]2(CCCc3sccc32)C(=O)N1Cc1ccccc1[N+](=O)[O-]. The van der Waals surface area contributed by atoms with Crippen molar-refractivity contribution in [3.63, 3.8) is 0 Å². The number of hydrogen-bond acceptors (Lipinski definition) is 5. The Morgan fingerprint density at radius 2 is 2.08 bits per heavy atom. The quantitative estimate of drug-likeness (QED) is 0.519. The molecule has 1 aromatic heterocycles. The Morgan fingerprint density at radius 1 is 1.28 bits per heavy atom. The molecular formula is C17H15N3O4S. The molecule has 0 radical (unpaired) electrons. The Balaban J connectivity index is 1.70. The second-order valence-corrected chi connectivity index (χ2v) is 7.22. The molecule has 25 heavy (non-hydrogen) atoms. The Kier molecular flexibility index (Phi) is 3.57. The van der Waals surface area contributed by atoms with Crippen molar-refractivity contribution in [3.05, 3.63) is 61.8 Å². The van der Waals surface area contributed by atoms with Crippen LogP contribution in [0.3, 0.4) is 0 Å². The zero-order valence-electron chi connectivity index (χ0n) is 13.2. The van der Waals surface area contributed by atoms with Crippen LogP contribution in [0.4, 0.5) is 10.5 Å². The third-order valence-electron chi connectivity index (χ3n) is 4.85. The van der Waals surface area contributed by atoms with Crippen molar-refractivity contribution in [3.8, 4) is 0 Å². The smallest absolute Gasteiger partial charge is 0.319 e. The van der Waals surface area contributed by atoms with Gasteiger partial charge in [0.1, 0.15) is 5.54 Å². The van der Waals surface area contributed by atoms with Crippen LogP contribution >= 0.6 is 11.3 Å². The van der Waals surface area contributed by atoms with Gasteiger partial charge in [0.15, 0.2) is 0 Å². The van der Waals surface area contributed by atoms with Crippen molar-refractivity contribution in [2.75, 3.05) is 0 Å². The molecule has 3 amide bonds. The van der Waals surface area contributed by atoms with E-state index in [-0.39, 0.29) is 18.1 Å². The van der Waals surface area contributed by atoms with Crippen LogP contribution in [0.2, 0.25) is 0 Å². The molecule has 2 aliphatic rings. The van der Waals surface area contributed by atoms with E-state index < -0.39 is 16.5 Å². The third kappa shape index (κ3) is 2.32. The molecule has 1 aliphatic carbocycles. The number of benzene rings is 1. The van der Waals surface area contributed by atoms with E-state index >= 15 is 0 Å². The number of aryl methyl sites for hydroxylation is 1. The van der Waals surface area contributed by atoms with Gasteiger partial charge in [-0.3, -0.25) is 19.8 Å². The summed E-state index contributed by atoms with van der Waals surface area (Å²) in [6, 6.07) is 7.57. The maximum Gasteiger partial charge on any atom is 0.325 e. The molecular weight excluding hydrogens is 342 g/mol. The number of nitro groups is 1. The summed E-state index contributed by atoms with van der Waals surface area (Å²) in [5.74, 6) is -0.324. The lowest BCUT2D eigenvalue weighted by Crippen LogP contribution is -2.46. The molecule has 0 saturated carbocycles. The highest BCUT2D eigenvalue weighted by Gasteiger charge is 2.54. The fraction of sp³-hybridized carbons (Fsp3) is 0.294. The number of nitrogens with one attached hydrogen (secondary N) is 1. The van der Waals surface area contributed by atoms with E-state index in [1.54, 1.807) is 29.5 Å². The summed E-state index contributed by atoms with van der Waals surface area (Å²) in [5.41, 5.74) is 0.0966. The molecule has 4 rings (SSSR count). The van der Waals surface area contributed by atoms with E-state index in [2.05, 4.69) is 5.32 Å². The summed E-state index contributed by atoms with van der Waals surface area (Å²) in [6.07, 6.45) is 2.27.